The Balaban J connectivity index is 3.05. The summed E-state index contributed by atoms with van der Waals surface area (Å²) in [5, 5.41) is 9.08. The number of rotatable bonds is 3. The van der Waals surface area contributed by atoms with Gasteiger partial charge in [0, 0.05) is 0 Å². The summed E-state index contributed by atoms with van der Waals surface area (Å²) >= 11 is 0. The maximum absolute atomic E-state index is 12.5. The first kappa shape index (κ1) is 15.8. The molecule has 19 heavy (non-hydrogen) atoms. The van der Waals surface area contributed by atoms with E-state index >= 15 is 0 Å². The molecule has 1 aromatic rings. The van der Waals surface area contributed by atoms with Gasteiger partial charge in [-0.05, 0) is 24.5 Å². The Kier molecular flexibility index (Phi) is 4.50. The van der Waals surface area contributed by atoms with Crippen molar-refractivity contribution < 1.29 is 31.4 Å². The SMILES string of the molecule is CC(O)Cc1ccc(C(C(F)(F)F)C(F)(F)F)cc1. The number of hydrogen-bond donors (Lipinski definition) is 1. The Labute approximate surface area is 105 Å². The van der Waals surface area contributed by atoms with E-state index in [1.54, 1.807) is 0 Å². The molecule has 0 aromatic heterocycles. The normalized spacial score (nSPS) is 14.8. The predicted molar refractivity (Wildman–Crippen MR) is 56.7 cm³/mol. The zero-order valence-corrected chi connectivity index (χ0v) is 9.89. The summed E-state index contributed by atoms with van der Waals surface area (Å²) in [7, 11) is 0. The molecule has 1 atom stereocenters. The largest absolute Gasteiger partial charge is 0.404 e. The minimum absolute atomic E-state index is 0.170. The van der Waals surface area contributed by atoms with Crippen molar-refractivity contribution in [3.8, 4) is 0 Å². The third-order valence-electron chi connectivity index (χ3n) is 2.50. The van der Waals surface area contributed by atoms with Gasteiger partial charge in [-0.3, -0.25) is 0 Å². The van der Waals surface area contributed by atoms with E-state index in [1.165, 1.54) is 6.92 Å². The van der Waals surface area contributed by atoms with Crippen LogP contribution in [0, 0.1) is 0 Å². The molecule has 0 aliphatic heterocycles. The van der Waals surface area contributed by atoms with Gasteiger partial charge in [-0.2, -0.15) is 26.3 Å². The van der Waals surface area contributed by atoms with Gasteiger partial charge in [0.25, 0.3) is 0 Å². The van der Waals surface area contributed by atoms with E-state index in [0.717, 1.165) is 24.3 Å². The summed E-state index contributed by atoms with van der Waals surface area (Å²) in [6, 6.07) is 3.91. The van der Waals surface area contributed by atoms with Crippen molar-refractivity contribution >= 4 is 0 Å². The second kappa shape index (κ2) is 5.40. The van der Waals surface area contributed by atoms with Crippen LogP contribution < -0.4 is 0 Å². The van der Waals surface area contributed by atoms with Crippen molar-refractivity contribution in [2.24, 2.45) is 0 Å². The average molecular weight is 286 g/mol. The smallest absolute Gasteiger partial charge is 0.393 e. The van der Waals surface area contributed by atoms with Crippen molar-refractivity contribution in [2.75, 3.05) is 0 Å². The third-order valence-corrected chi connectivity index (χ3v) is 2.50. The average Bonchev–Trinajstić information content (AvgIpc) is 2.15. The molecule has 0 bridgehead atoms. The fourth-order valence-corrected chi connectivity index (χ4v) is 1.75. The molecular weight excluding hydrogens is 274 g/mol. The maximum Gasteiger partial charge on any atom is 0.404 e. The highest BCUT2D eigenvalue weighted by atomic mass is 19.4. The Bertz CT molecular complexity index is 390. The fraction of sp³-hybridized carbons (Fsp3) is 0.500. The third kappa shape index (κ3) is 4.41. The van der Waals surface area contributed by atoms with Crippen LogP contribution in [0.3, 0.4) is 0 Å². The van der Waals surface area contributed by atoms with Crippen LogP contribution in [0.1, 0.15) is 24.0 Å². The van der Waals surface area contributed by atoms with Crippen molar-refractivity contribution in [3.63, 3.8) is 0 Å². The molecule has 108 valence electrons. The maximum atomic E-state index is 12.5. The van der Waals surface area contributed by atoms with Crippen LogP contribution in [0.5, 0.6) is 0 Å². The molecule has 0 aliphatic rings. The molecule has 1 unspecified atom stereocenters. The number of aliphatic hydroxyl groups is 1. The van der Waals surface area contributed by atoms with Crippen molar-refractivity contribution in [1.82, 2.24) is 0 Å². The van der Waals surface area contributed by atoms with Crippen LogP contribution in [-0.4, -0.2) is 23.6 Å². The molecule has 0 amide bonds. The molecule has 7 heteroatoms. The van der Waals surface area contributed by atoms with Crippen molar-refractivity contribution in [2.45, 2.75) is 37.7 Å². The van der Waals surface area contributed by atoms with E-state index in [0.29, 0.717) is 5.56 Å². The molecule has 1 rings (SSSR count). The quantitative estimate of drug-likeness (QED) is 0.838. The van der Waals surface area contributed by atoms with Crippen LogP contribution >= 0.6 is 0 Å². The number of benzene rings is 1. The molecule has 1 N–H and O–H groups in total. The van der Waals surface area contributed by atoms with E-state index in [2.05, 4.69) is 0 Å². The van der Waals surface area contributed by atoms with Crippen LogP contribution in [0.4, 0.5) is 26.3 Å². The summed E-state index contributed by atoms with van der Waals surface area (Å²) in [4.78, 5) is 0. The molecule has 0 saturated carbocycles. The monoisotopic (exact) mass is 286 g/mol. The molecule has 1 aromatic carbocycles. The summed E-state index contributed by atoms with van der Waals surface area (Å²) in [6.45, 7) is 1.47. The Morgan fingerprint density at radius 3 is 1.68 bits per heavy atom. The van der Waals surface area contributed by atoms with Gasteiger partial charge in [0.05, 0.1) is 6.10 Å². The minimum Gasteiger partial charge on any atom is -0.393 e. The van der Waals surface area contributed by atoms with E-state index in [-0.39, 0.29) is 6.42 Å². The van der Waals surface area contributed by atoms with Crippen LogP contribution in [0.15, 0.2) is 24.3 Å². The predicted octanol–water partition coefficient (Wildman–Crippen LogP) is 3.82. The first-order valence-electron chi connectivity index (χ1n) is 5.42. The summed E-state index contributed by atoms with van der Waals surface area (Å²) in [5.41, 5.74) is -0.379. The molecule has 0 heterocycles. The Morgan fingerprint density at radius 2 is 1.37 bits per heavy atom. The number of alkyl halides is 6. The highest BCUT2D eigenvalue weighted by molar-refractivity contribution is 5.28. The summed E-state index contributed by atoms with van der Waals surface area (Å²) in [5.74, 6) is -3.49. The lowest BCUT2D eigenvalue weighted by Crippen LogP contribution is -2.34. The lowest BCUT2D eigenvalue weighted by Gasteiger charge is -2.23. The van der Waals surface area contributed by atoms with Gasteiger partial charge in [-0.25, -0.2) is 0 Å². The van der Waals surface area contributed by atoms with Gasteiger partial charge in [0.15, 0.2) is 5.92 Å². The number of hydrogen-bond acceptors (Lipinski definition) is 1. The molecule has 1 nitrogen and oxygen atoms in total. The van der Waals surface area contributed by atoms with Gasteiger partial charge in [-0.15, -0.1) is 0 Å². The standard InChI is InChI=1S/C12H12F6O/c1-7(19)6-8-2-4-9(5-3-8)10(11(13,14)15)12(16,17)18/h2-5,7,10,19H,6H2,1H3. The van der Waals surface area contributed by atoms with Gasteiger partial charge in [0.1, 0.15) is 0 Å². The number of aliphatic hydroxyl groups excluding tert-OH is 1. The first-order chi connectivity index (χ1) is 8.51. The number of halogens is 6. The van der Waals surface area contributed by atoms with Crippen LogP contribution in [0.2, 0.25) is 0 Å². The van der Waals surface area contributed by atoms with E-state index in [1.807, 2.05) is 0 Å². The van der Waals surface area contributed by atoms with Gasteiger partial charge in [-0.1, -0.05) is 24.3 Å². The lowest BCUT2D eigenvalue weighted by atomic mass is 9.96. The van der Waals surface area contributed by atoms with E-state index < -0.39 is 29.9 Å². The van der Waals surface area contributed by atoms with Crippen molar-refractivity contribution in [3.05, 3.63) is 35.4 Å². The lowest BCUT2D eigenvalue weighted by molar-refractivity contribution is -0.253. The van der Waals surface area contributed by atoms with Crippen molar-refractivity contribution in [1.29, 1.82) is 0 Å². The van der Waals surface area contributed by atoms with Gasteiger partial charge >= 0.3 is 12.4 Å². The van der Waals surface area contributed by atoms with Gasteiger partial charge in [0.2, 0.25) is 0 Å². The highest BCUT2D eigenvalue weighted by Gasteiger charge is 2.57. The van der Waals surface area contributed by atoms with Gasteiger partial charge < -0.3 is 5.11 Å². The molecule has 0 spiro atoms. The van der Waals surface area contributed by atoms with E-state index in [9.17, 15) is 26.3 Å². The summed E-state index contributed by atoms with van der Waals surface area (Å²) < 4.78 is 74.7. The topological polar surface area (TPSA) is 20.2 Å². The first-order valence-corrected chi connectivity index (χ1v) is 5.42. The molecule has 0 saturated heterocycles. The molecule has 0 aliphatic carbocycles. The minimum atomic E-state index is -5.38. The Hall–Kier alpha value is -1.24. The summed E-state index contributed by atoms with van der Waals surface area (Å²) in [6.07, 6.45) is -11.3. The Morgan fingerprint density at radius 1 is 0.947 bits per heavy atom. The molecule has 0 radical (unpaired) electrons. The highest BCUT2D eigenvalue weighted by Crippen LogP contribution is 2.46. The molecule has 0 fully saturated rings. The fourth-order valence-electron chi connectivity index (χ4n) is 1.75. The van der Waals surface area contributed by atoms with Crippen LogP contribution in [-0.2, 0) is 6.42 Å². The zero-order valence-electron chi connectivity index (χ0n) is 9.89. The molecular formula is C12H12F6O. The van der Waals surface area contributed by atoms with E-state index in [4.69, 9.17) is 5.11 Å². The second-order valence-corrected chi connectivity index (χ2v) is 4.31. The zero-order chi connectivity index (χ0) is 14.8. The van der Waals surface area contributed by atoms with Crippen LogP contribution in [0.25, 0.3) is 0 Å². The second-order valence-electron chi connectivity index (χ2n) is 4.31.